The van der Waals surface area contributed by atoms with Crippen LogP contribution in [-0.4, -0.2) is 31.8 Å². The highest BCUT2D eigenvalue weighted by atomic mass is 16.5. The molecule has 118 valence electrons. The Hall–Kier alpha value is -2.76. The molecule has 1 atom stereocenters. The van der Waals surface area contributed by atoms with Crippen LogP contribution < -0.4 is 10.1 Å². The van der Waals surface area contributed by atoms with Gasteiger partial charge in [0.05, 0.1) is 6.10 Å². The van der Waals surface area contributed by atoms with Gasteiger partial charge in [-0.15, -0.1) is 6.42 Å². The number of para-hydroxylation sites is 1. The first-order valence-corrected chi connectivity index (χ1v) is 7.41. The first kappa shape index (κ1) is 16.6. The Morgan fingerprint density at radius 2 is 2.35 bits per heavy atom. The fraction of sp³-hybridized carbons (Fsp3) is 0.333. The maximum absolute atomic E-state index is 12.1. The van der Waals surface area contributed by atoms with Gasteiger partial charge in [0, 0.05) is 18.7 Å². The normalized spacial score (nSPS) is 17.1. The maximum atomic E-state index is 12.1. The van der Waals surface area contributed by atoms with Gasteiger partial charge in [0.25, 0.3) is 5.91 Å². The predicted molar refractivity (Wildman–Crippen MR) is 86.3 cm³/mol. The first-order valence-electron chi connectivity index (χ1n) is 7.41. The van der Waals surface area contributed by atoms with Crippen LogP contribution in [0, 0.1) is 23.7 Å². The molecule has 0 unspecified atom stereocenters. The second-order valence-electron chi connectivity index (χ2n) is 5.05. The van der Waals surface area contributed by atoms with E-state index >= 15 is 0 Å². The van der Waals surface area contributed by atoms with E-state index in [-0.39, 0.29) is 18.3 Å². The molecule has 5 heteroatoms. The number of benzene rings is 1. The summed E-state index contributed by atoms with van der Waals surface area (Å²) in [6, 6.07) is 9.02. The molecule has 1 amide bonds. The Balaban J connectivity index is 2.07. The van der Waals surface area contributed by atoms with Gasteiger partial charge in [0.2, 0.25) is 0 Å². The lowest BCUT2D eigenvalue weighted by Gasteiger charge is -2.10. The molecule has 0 aliphatic carbocycles. The number of nitrogens with zero attached hydrogens (tertiary/aromatic N) is 1. The summed E-state index contributed by atoms with van der Waals surface area (Å²) in [5.41, 5.74) is 0.645. The number of hydrogen-bond donors (Lipinski definition) is 1. The van der Waals surface area contributed by atoms with Gasteiger partial charge in [0.1, 0.15) is 24.0 Å². The molecule has 0 saturated carbocycles. The van der Waals surface area contributed by atoms with Crippen molar-refractivity contribution in [1.82, 2.24) is 5.32 Å². The summed E-state index contributed by atoms with van der Waals surface area (Å²) in [4.78, 5) is 12.1. The average molecular weight is 310 g/mol. The molecular weight excluding hydrogens is 292 g/mol. The van der Waals surface area contributed by atoms with Gasteiger partial charge in [-0.05, 0) is 25.0 Å². The Morgan fingerprint density at radius 3 is 3.04 bits per heavy atom. The third-order valence-corrected chi connectivity index (χ3v) is 3.41. The highest BCUT2D eigenvalue weighted by Gasteiger charge is 2.17. The number of ether oxygens (including phenoxy) is 2. The largest absolute Gasteiger partial charge is 0.480 e. The number of carbonyl (C=O) groups excluding carboxylic acids is 1. The van der Waals surface area contributed by atoms with E-state index in [0.29, 0.717) is 17.9 Å². The minimum Gasteiger partial charge on any atom is -0.480 e. The van der Waals surface area contributed by atoms with Gasteiger partial charge in [-0.2, -0.15) is 5.26 Å². The summed E-state index contributed by atoms with van der Waals surface area (Å²) in [7, 11) is 0. The third kappa shape index (κ3) is 4.88. The van der Waals surface area contributed by atoms with Gasteiger partial charge < -0.3 is 14.8 Å². The van der Waals surface area contributed by atoms with Crippen LogP contribution in [0.25, 0.3) is 6.08 Å². The number of amides is 1. The monoisotopic (exact) mass is 310 g/mol. The Kier molecular flexibility index (Phi) is 6.23. The topological polar surface area (TPSA) is 71.3 Å². The molecule has 1 aliphatic heterocycles. The van der Waals surface area contributed by atoms with E-state index in [4.69, 9.17) is 15.9 Å². The fourth-order valence-corrected chi connectivity index (χ4v) is 2.26. The molecule has 1 aromatic carbocycles. The van der Waals surface area contributed by atoms with E-state index in [0.717, 1.165) is 19.4 Å². The van der Waals surface area contributed by atoms with Crippen LogP contribution in [0.3, 0.4) is 0 Å². The third-order valence-electron chi connectivity index (χ3n) is 3.41. The molecule has 0 aromatic heterocycles. The molecule has 23 heavy (non-hydrogen) atoms. The van der Waals surface area contributed by atoms with Crippen molar-refractivity contribution in [2.75, 3.05) is 19.8 Å². The molecule has 5 nitrogen and oxygen atoms in total. The number of hydrogen-bond acceptors (Lipinski definition) is 4. The van der Waals surface area contributed by atoms with Gasteiger partial charge in [-0.25, -0.2) is 0 Å². The van der Waals surface area contributed by atoms with E-state index < -0.39 is 5.91 Å². The predicted octanol–water partition coefficient (Wildman–Crippen LogP) is 1.90. The second kappa shape index (κ2) is 8.63. The molecule has 1 aromatic rings. The summed E-state index contributed by atoms with van der Waals surface area (Å²) in [6.07, 6.45) is 8.64. The van der Waals surface area contributed by atoms with Crippen molar-refractivity contribution in [2.24, 2.45) is 0 Å². The minimum atomic E-state index is -0.422. The summed E-state index contributed by atoms with van der Waals surface area (Å²) >= 11 is 0. The zero-order valence-corrected chi connectivity index (χ0v) is 12.7. The van der Waals surface area contributed by atoms with Gasteiger partial charge in [-0.1, -0.05) is 24.1 Å². The maximum Gasteiger partial charge on any atom is 0.262 e. The fourth-order valence-electron chi connectivity index (χ4n) is 2.26. The summed E-state index contributed by atoms with van der Waals surface area (Å²) in [6.45, 7) is 1.26. The molecular formula is C18H18N2O3. The van der Waals surface area contributed by atoms with Crippen LogP contribution in [0.5, 0.6) is 5.75 Å². The van der Waals surface area contributed by atoms with E-state index in [1.54, 1.807) is 24.3 Å². The highest BCUT2D eigenvalue weighted by Crippen LogP contribution is 2.21. The van der Waals surface area contributed by atoms with Gasteiger partial charge >= 0.3 is 0 Å². The lowest BCUT2D eigenvalue weighted by Crippen LogP contribution is -2.32. The summed E-state index contributed by atoms with van der Waals surface area (Å²) < 4.78 is 10.9. The van der Waals surface area contributed by atoms with E-state index in [9.17, 15) is 10.1 Å². The van der Waals surface area contributed by atoms with Crippen LogP contribution in [0.4, 0.5) is 0 Å². The Labute approximate surface area is 135 Å². The van der Waals surface area contributed by atoms with Crippen LogP contribution in [0.1, 0.15) is 18.4 Å². The van der Waals surface area contributed by atoms with Gasteiger partial charge in [0.15, 0.2) is 0 Å². The highest BCUT2D eigenvalue weighted by molar-refractivity contribution is 6.01. The summed E-state index contributed by atoms with van der Waals surface area (Å²) in [5.74, 6) is 2.49. The van der Waals surface area contributed by atoms with Crippen LogP contribution >= 0.6 is 0 Å². The molecule has 1 N–H and O–H groups in total. The quantitative estimate of drug-likeness (QED) is 0.495. The summed E-state index contributed by atoms with van der Waals surface area (Å²) in [5, 5.41) is 12.0. The zero-order valence-electron chi connectivity index (χ0n) is 12.7. The molecule has 0 bridgehead atoms. The number of carbonyl (C=O) groups is 1. The van der Waals surface area contributed by atoms with Crippen molar-refractivity contribution in [3.8, 4) is 24.2 Å². The number of nitrogens with one attached hydrogen (secondary N) is 1. The Morgan fingerprint density at radius 1 is 1.52 bits per heavy atom. The van der Waals surface area contributed by atoms with Crippen molar-refractivity contribution < 1.29 is 14.3 Å². The minimum absolute atomic E-state index is 0.0137. The molecule has 1 fully saturated rings. The smallest absolute Gasteiger partial charge is 0.262 e. The van der Waals surface area contributed by atoms with Crippen molar-refractivity contribution >= 4 is 12.0 Å². The van der Waals surface area contributed by atoms with Crippen molar-refractivity contribution in [3.63, 3.8) is 0 Å². The van der Waals surface area contributed by atoms with Crippen molar-refractivity contribution in [1.29, 1.82) is 5.26 Å². The lowest BCUT2D eigenvalue weighted by atomic mass is 10.1. The van der Waals surface area contributed by atoms with E-state index in [2.05, 4.69) is 11.2 Å². The Bertz CT molecular complexity index is 662. The van der Waals surface area contributed by atoms with Crippen LogP contribution in [0.2, 0.25) is 0 Å². The first-order chi connectivity index (χ1) is 11.2. The molecule has 2 rings (SSSR count). The number of terminal acetylenes is 1. The number of nitriles is 1. The second-order valence-corrected chi connectivity index (χ2v) is 5.05. The molecule has 1 saturated heterocycles. The average Bonchev–Trinajstić information content (AvgIpc) is 3.10. The SMILES string of the molecule is C#CCOc1ccccc1/C=C(\C#N)C(=O)NC[C@H]1CCCO1. The van der Waals surface area contributed by atoms with Crippen molar-refractivity contribution in [2.45, 2.75) is 18.9 Å². The molecule has 0 spiro atoms. The molecule has 0 radical (unpaired) electrons. The lowest BCUT2D eigenvalue weighted by molar-refractivity contribution is -0.117. The molecule has 1 aliphatic rings. The number of rotatable bonds is 6. The molecule has 1 heterocycles. The van der Waals surface area contributed by atoms with E-state index in [1.807, 2.05) is 6.07 Å². The van der Waals surface area contributed by atoms with E-state index in [1.165, 1.54) is 6.08 Å². The van der Waals surface area contributed by atoms with Crippen molar-refractivity contribution in [3.05, 3.63) is 35.4 Å². The van der Waals surface area contributed by atoms with Crippen LogP contribution in [-0.2, 0) is 9.53 Å². The van der Waals surface area contributed by atoms with Gasteiger partial charge in [-0.3, -0.25) is 4.79 Å². The standard InChI is InChI=1S/C18H18N2O3/c1-2-9-23-17-8-4-3-6-14(17)11-15(12-19)18(21)20-13-16-7-5-10-22-16/h1,3-4,6,8,11,16H,5,7,9-10,13H2,(H,20,21)/b15-11+/t16-/m1/s1. The zero-order chi connectivity index (χ0) is 16.5. The van der Waals surface area contributed by atoms with Crippen LogP contribution in [0.15, 0.2) is 29.8 Å².